The van der Waals surface area contributed by atoms with E-state index >= 15 is 0 Å². The molecule has 3 aromatic rings. The molecule has 7 nitrogen and oxygen atoms in total. The van der Waals surface area contributed by atoms with E-state index in [-0.39, 0.29) is 17.3 Å². The van der Waals surface area contributed by atoms with Gasteiger partial charge in [0.15, 0.2) is 9.84 Å². The zero-order valence-electron chi connectivity index (χ0n) is 26.3. The van der Waals surface area contributed by atoms with Crippen molar-refractivity contribution >= 4 is 33.1 Å². The number of pyridine rings is 1. The largest absolute Gasteiger partial charge is 0.493 e. The summed E-state index contributed by atoms with van der Waals surface area (Å²) in [5.74, 6) is 0.978. The molecule has 0 amide bonds. The van der Waals surface area contributed by atoms with Crippen LogP contribution in [0.15, 0.2) is 59.6 Å². The molecule has 0 radical (unpaired) electrons. The Morgan fingerprint density at radius 1 is 1.16 bits per heavy atom. The van der Waals surface area contributed by atoms with Crippen LogP contribution in [0, 0.1) is 11.8 Å². The number of carbonyl (C=O) groups is 1. The average Bonchev–Trinajstić information content (AvgIpc) is 3.28. The van der Waals surface area contributed by atoms with Crippen LogP contribution in [0.3, 0.4) is 0 Å². The van der Waals surface area contributed by atoms with Crippen LogP contribution < -0.4 is 10.1 Å². The number of sulfone groups is 1. The van der Waals surface area contributed by atoms with Gasteiger partial charge < -0.3 is 15.2 Å². The number of carboxylic acid groups (broad SMARTS) is 1. The van der Waals surface area contributed by atoms with E-state index in [1.807, 2.05) is 36.5 Å². The first-order valence-corrected chi connectivity index (χ1v) is 18.4. The van der Waals surface area contributed by atoms with Crippen molar-refractivity contribution in [2.24, 2.45) is 11.8 Å². The maximum absolute atomic E-state index is 12.8. The first kappa shape index (κ1) is 31.9. The van der Waals surface area contributed by atoms with Crippen molar-refractivity contribution in [1.82, 2.24) is 4.98 Å². The Hall–Kier alpha value is -3.10. The number of aryl methyl sites for hydroxylation is 1. The molecule has 3 atom stereocenters. The van der Waals surface area contributed by atoms with E-state index in [4.69, 9.17) is 16.3 Å². The van der Waals surface area contributed by atoms with Gasteiger partial charge in [-0.25, -0.2) is 13.2 Å². The fourth-order valence-electron chi connectivity index (χ4n) is 8.31. The van der Waals surface area contributed by atoms with Gasteiger partial charge in [-0.1, -0.05) is 37.6 Å². The number of fused-ring (bicyclic) bond motifs is 3. The molecule has 0 bridgehead atoms. The third-order valence-corrected chi connectivity index (χ3v) is 12.0. The molecule has 1 heterocycles. The number of rotatable bonds is 9. The summed E-state index contributed by atoms with van der Waals surface area (Å²) >= 11 is 6.22. The number of aliphatic carboxylic acids is 1. The molecule has 0 unspecified atom stereocenters. The number of halogens is 1. The van der Waals surface area contributed by atoms with Crippen molar-refractivity contribution in [3.8, 4) is 5.75 Å². The number of aromatic nitrogens is 1. The molecule has 6 rings (SSSR count). The van der Waals surface area contributed by atoms with E-state index < -0.39 is 21.3 Å². The van der Waals surface area contributed by atoms with Gasteiger partial charge in [-0.15, -0.1) is 0 Å². The number of hydrogen-bond acceptors (Lipinski definition) is 6. The van der Waals surface area contributed by atoms with Crippen molar-refractivity contribution < 1.29 is 23.1 Å². The van der Waals surface area contributed by atoms with Crippen molar-refractivity contribution in [2.75, 3.05) is 18.2 Å². The summed E-state index contributed by atoms with van der Waals surface area (Å²) < 4.78 is 31.7. The van der Waals surface area contributed by atoms with Crippen molar-refractivity contribution in [2.45, 2.75) is 93.4 Å². The van der Waals surface area contributed by atoms with Crippen LogP contribution in [0.4, 0.5) is 5.69 Å². The number of nitrogens with zero attached hydrogens (tertiary/aromatic N) is 1. The van der Waals surface area contributed by atoms with Gasteiger partial charge in [0, 0.05) is 34.4 Å². The lowest BCUT2D eigenvalue weighted by atomic mass is 9.59. The second-order valence-corrected chi connectivity index (χ2v) is 16.2. The van der Waals surface area contributed by atoms with Gasteiger partial charge in [0.25, 0.3) is 0 Å². The van der Waals surface area contributed by atoms with E-state index in [0.29, 0.717) is 53.8 Å². The van der Waals surface area contributed by atoms with E-state index in [1.54, 1.807) is 18.2 Å². The fraction of sp³-hybridized carbons (Fsp3) is 0.500. The normalized spacial score (nSPS) is 26.6. The number of benzene rings is 2. The predicted octanol–water partition coefficient (Wildman–Crippen LogP) is 7.60. The molecule has 1 saturated carbocycles. The van der Waals surface area contributed by atoms with Crippen LogP contribution >= 0.6 is 11.6 Å². The zero-order chi connectivity index (χ0) is 32.0. The van der Waals surface area contributed by atoms with E-state index in [9.17, 15) is 18.3 Å². The summed E-state index contributed by atoms with van der Waals surface area (Å²) in [5, 5.41) is 14.4. The molecule has 3 aliphatic carbocycles. The molecule has 0 aliphatic heterocycles. The quantitative estimate of drug-likeness (QED) is 0.246. The summed E-state index contributed by atoms with van der Waals surface area (Å²) in [5.41, 5.74) is 3.87. The van der Waals surface area contributed by atoms with E-state index in [2.05, 4.69) is 24.1 Å². The highest BCUT2D eigenvalue weighted by Crippen LogP contribution is 2.56. The van der Waals surface area contributed by atoms with Crippen LogP contribution in [-0.2, 0) is 32.9 Å². The van der Waals surface area contributed by atoms with Gasteiger partial charge in [-0.05, 0) is 128 Å². The Morgan fingerprint density at radius 3 is 2.64 bits per heavy atom. The first-order chi connectivity index (χ1) is 21.4. The minimum absolute atomic E-state index is 0.240. The van der Waals surface area contributed by atoms with Crippen LogP contribution in [0.2, 0.25) is 5.02 Å². The van der Waals surface area contributed by atoms with Gasteiger partial charge in [0.05, 0.1) is 11.5 Å². The number of carboxylic acids is 1. The molecule has 45 heavy (non-hydrogen) atoms. The molecule has 1 spiro atoms. The summed E-state index contributed by atoms with van der Waals surface area (Å²) in [7, 11) is -3.40. The first-order valence-electron chi connectivity index (χ1n) is 16.1. The van der Waals surface area contributed by atoms with Crippen LogP contribution in [-0.4, -0.2) is 42.9 Å². The molecule has 3 aliphatic rings. The zero-order valence-corrected chi connectivity index (χ0v) is 27.9. The average molecular weight is 651 g/mol. The molecule has 1 fully saturated rings. The molecule has 2 N–H and O–H groups in total. The summed E-state index contributed by atoms with van der Waals surface area (Å²) in [6, 6.07) is 14.7. The summed E-state index contributed by atoms with van der Waals surface area (Å²) in [4.78, 5) is 17.8. The maximum atomic E-state index is 12.8. The third-order valence-electron chi connectivity index (χ3n) is 10.7. The Labute approximate surface area is 271 Å². The number of hydrogen-bond donors (Lipinski definition) is 2. The summed E-state index contributed by atoms with van der Waals surface area (Å²) in [6.07, 6.45) is 10.2. The van der Waals surface area contributed by atoms with Crippen molar-refractivity contribution in [3.05, 3.63) is 82.1 Å². The molecule has 2 aromatic carbocycles. The van der Waals surface area contributed by atoms with Gasteiger partial charge in [0.2, 0.25) is 0 Å². The fourth-order valence-corrected chi connectivity index (χ4v) is 9.14. The third kappa shape index (κ3) is 6.20. The Kier molecular flexibility index (Phi) is 8.68. The SMILES string of the molecule is C[C@@H](COc1ccnc2c1[C@H](C)CCC2)C[C@H]1Cc2ccc(S(C)(=O)=O)cc2C12CCC(Nc1cccc(Cl)c1)(C(=O)O)CC2. The maximum Gasteiger partial charge on any atom is 0.329 e. The van der Waals surface area contributed by atoms with Crippen LogP contribution in [0.25, 0.3) is 0 Å². The number of ether oxygens (including phenoxy) is 1. The molecule has 0 saturated heterocycles. The topological polar surface area (TPSA) is 106 Å². The molecule has 240 valence electrons. The van der Waals surface area contributed by atoms with Gasteiger partial charge in [0.1, 0.15) is 11.3 Å². The molecular weight excluding hydrogens is 608 g/mol. The standard InChI is InChI=1S/C36H43ClN2O5S/c1-23(22-44-32-12-17-38-31-9-4-6-24(2)33(31)32)18-26-19-25-10-11-29(45(3,42)43)21-30(25)35(26)13-15-36(16-14-35,34(40)41)39-28-8-5-7-27(37)20-28/h5,7-8,10-12,17,20-21,23-24,26,39H,4,6,9,13-16,18-19,22H2,1-3H3,(H,40,41)/t23-,24-,26+,35?,36?/m1/s1. The smallest absolute Gasteiger partial charge is 0.329 e. The minimum atomic E-state index is -3.40. The van der Waals surface area contributed by atoms with Gasteiger partial charge in [-0.2, -0.15) is 0 Å². The number of anilines is 1. The second-order valence-electron chi connectivity index (χ2n) is 13.8. The van der Waals surface area contributed by atoms with Crippen LogP contribution in [0.5, 0.6) is 5.75 Å². The van der Waals surface area contributed by atoms with Gasteiger partial charge in [-0.3, -0.25) is 4.98 Å². The highest BCUT2D eigenvalue weighted by atomic mass is 35.5. The summed E-state index contributed by atoms with van der Waals surface area (Å²) in [6.45, 7) is 5.05. The minimum Gasteiger partial charge on any atom is -0.493 e. The number of nitrogens with one attached hydrogen (secondary N) is 1. The molecule has 9 heteroatoms. The monoisotopic (exact) mass is 650 g/mol. The highest BCUT2D eigenvalue weighted by molar-refractivity contribution is 7.90. The second kappa shape index (κ2) is 12.3. The Bertz CT molecular complexity index is 1700. The van der Waals surface area contributed by atoms with E-state index in [1.165, 1.54) is 17.4 Å². The lowest BCUT2D eigenvalue weighted by Crippen LogP contribution is -2.53. The molecule has 1 aromatic heterocycles. The molecular formula is C36H43ClN2O5S. The van der Waals surface area contributed by atoms with Crippen molar-refractivity contribution in [3.63, 3.8) is 0 Å². The Balaban J connectivity index is 1.26. The lowest BCUT2D eigenvalue weighted by molar-refractivity contribution is -0.144. The van der Waals surface area contributed by atoms with Crippen molar-refractivity contribution in [1.29, 1.82) is 0 Å². The lowest BCUT2D eigenvalue weighted by Gasteiger charge is -2.47. The predicted molar refractivity (Wildman–Crippen MR) is 177 cm³/mol. The van der Waals surface area contributed by atoms with Crippen LogP contribution in [0.1, 0.15) is 87.1 Å². The highest BCUT2D eigenvalue weighted by Gasteiger charge is 2.54. The van der Waals surface area contributed by atoms with Gasteiger partial charge >= 0.3 is 5.97 Å². The van der Waals surface area contributed by atoms with E-state index in [0.717, 1.165) is 49.1 Å². The Morgan fingerprint density at radius 2 is 1.93 bits per heavy atom.